The standard InChI is InChI=1S/C31H56O6Si/c1-11-30(8,9)27(33)36-23-16-18(3)25(32)21-13-12-17(2)20(24(21)23)14-15-22-19(4)26(29(5,6)7)31(10,37-38)28(34)35-22/h17-26,32H,11-16H2,1-10,38H3/t17-,18+,19?,20-,21+,22+,23-,24+,25+,26+,31?/m0/s1. The molecule has 1 saturated heterocycles. The van der Waals surface area contributed by atoms with Crippen LogP contribution in [0.25, 0.3) is 0 Å². The lowest BCUT2D eigenvalue weighted by molar-refractivity contribution is -0.206. The molecule has 2 unspecified atom stereocenters. The number of rotatable bonds is 7. The molecule has 3 fully saturated rings. The Hall–Kier alpha value is -0.923. The highest BCUT2D eigenvalue weighted by Gasteiger charge is 2.57. The molecule has 0 aromatic heterocycles. The maximum Gasteiger partial charge on any atom is 0.337 e. The molecule has 2 aliphatic carbocycles. The van der Waals surface area contributed by atoms with Gasteiger partial charge in [-0.2, -0.15) is 0 Å². The SMILES string of the molecule is CCC(C)(C)C(=O)O[C@H]1C[C@@H](C)[C@@H](O)[C@@H]2CC[C@H](C)[C@H](CC[C@H]3OC(=O)C(C)(O[SiH3])[C@@H](C(C)(C)C)C3C)[C@H]21. The number of fused-ring (bicyclic) bond motifs is 1. The fourth-order valence-electron chi connectivity index (χ4n) is 8.35. The van der Waals surface area contributed by atoms with Gasteiger partial charge in [0, 0.05) is 11.8 Å². The van der Waals surface area contributed by atoms with E-state index in [4.69, 9.17) is 13.9 Å². The topological polar surface area (TPSA) is 82.1 Å². The summed E-state index contributed by atoms with van der Waals surface area (Å²) in [7, 11) is 0.479. The number of hydrogen-bond donors (Lipinski definition) is 1. The van der Waals surface area contributed by atoms with Crippen LogP contribution in [-0.2, 0) is 23.5 Å². The summed E-state index contributed by atoms with van der Waals surface area (Å²) in [5.41, 5.74) is -1.53. The van der Waals surface area contributed by atoms with Gasteiger partial charge in [0.1, 0.15) is 22.7 Å². The number of esters is 2. The molecule has 1 aliphatic heterocycles. The van der Waals surface area contributed by atoms with Gasteiger partial charge in [-0.15, -0.1) is 0 Å². The van der Waals surface area contributed by atoms with Gasteiger partial charge in [-0.05, 0) is 87.9 Å². The first-order valence-corrected chi connectivity index (χ1v) is 16.0. The molecule has 7 heteroatoms. The molecule has 0 amide bonds. The average Bonchev–Trinajstić information content (AvgIpc) is 2.83. The Morgan fingerprint density at radius 1 is 1.11 bits per heavy atom. The van der Waals surface area contributed by atoms with Crippen molar-refractivity contribution in [1.82, 2.24) is 0 Å². The van der Waals surface area contributed by atoms with E-state index < -0.39 is 11.0 Å². The first-order valence-electron chi connectivity index (χ1n) is 15.1. The van der Waals surface area contributed by atoms with E-state index in [0.717, 1.165) is 32.1 Å². The number of cyclic esters (lactones) is 1. The van der Waals surface area contributed by atoms with Gasteiger partial charge in [-0.3, -0.25) is 4.79 Å². The summed E-state index contributed by atoms with van der Waals surface area (Å²) in [6.45, 7) is 21.0. The van der Waals surface area contributed by atoms with Crippen LogP contribution in [0.5, 0.6) is 0 Å². The second-order valence-electron chi connectivity index (χ2n) is 14.9. The fourth-order valence-corrected chi connectivity index (χ4v) is 8.77. The van der Waals surface area contributed by atoms with Crippen molar-refractivity contribution in [3.63, 3.8) is 0 Å². The van der Waals surface area contributed by atoms with Crippen molar-refractivity contribution >= 4 is 22.4 Å². The quantitative estimate of drug-likeness (QED) is 0.351. The Kier molecular flexibility index (Phi) is 9.58. The Bertz CT molecular complexity index is 852. The summed E-state index contributed by atoms with van der Waals surface area (Å²) in [6.07, 6.45) is 4.42. The Labute approximate surface area is 234 Å². The molecule has 6 nitrogen and oxygen atoms in total. The number of aliphatic hydroxyl groups is 1. The van der Waals surface area contributed by atoms with Crippen LogP contribution in [0.15, 0.2) is 0 Å². The van der Waals surface area contributed by atoms with Gasteiger partial charge in [0.25, 0.3) is 0 Å². The Balaban J connectivity index is 1.85. The second-order valence-corrected chi connectivity index (χ2v) is 15.3. The van der Waals surface area contributed by atoms with E-state index in [2.05, 4.69) is 41.5 Å². The highest BCUT2D eigenvalue weighted by Crippen LogP contribution is 2.52. The van der Waals surface area contributed by atoms with Gasteiger partial charge in [-0.25, -0.2) is 4.79 Å². The molecule has 0 radical (unpaired) electrons. The second kappa shape index (κ2) is 11.5. The Morgan fingerprint density at radius 2 is 1.74 bits per heavy atom. The van der Waals surface area contributed by atoms with Gasteiger partial charge in [0.05, 0.1) is 11.5 Å². The summed E-state index contributed by atoms with van der Waals surface area (Å²) < 4.78 is 18.3. The largest absolute Gasteiger partial charge is 0.462 e. The van der Waals surface area contributed by atoms with Crippen molar-refractivity contribution in [1.29, 1.82) is 0 Å². The van der Waals surface area contributed by atoms with Gasteiger partial charge in [0.15, 0.2) is 5.60 Å². The molecule has 3 aliphatic rings. The molecule has 0 spiro atoms. The number of hydrogen-bond acceptors (Lipinski definition) is 6. The molecular weight excluding hydrogens is 496 g/mol. The van der Waals surface area contributed by atoms with Crippen molar-refractivity contribution in [3.05, 3.63) is 0 Å². The number of carbonyl (C=O) groups is 2. The van der Waals surface area contributed by atoms with Gasteiger partial charge in [-0.1, -0.05) is 54.9 Å². The Morgan fingerprint density at radius 3 is 2.29 bits per heavy atom. The third kappa shape index (κ3) is 5.90. The highest BCUT2D eigenvalue weighted by atomic mass is 28.2. The minimum Gasteiger partial charge on any atom is -0.462 e. The molecule has 3 rings (SSSR count). The van der Waals surface area contributed by atoms with Crippen LogP contribution < -0.4 is 0 Å². The highest BCUT2D eigenvalue weighted by molar-refractivity contribution is 6.00. The van der Waals surface area contributed by atoms with Crippen LogP contribution in [0, 0.1) is 52.3 Å². The lowest BCUT2D eigenvalue weighted by Gasteiger charge is -2.53. The van der Waals surface area contributed by atoms with Crippen molar-refractivity contribution in [2.24, 2.45) is 52.3 Å². The smallest absolute Gasteiger partial charge is 0.337 e. The van der Waals surface area contributed by atoms with E-state index in [0.29, 0.717) is 28.7 Å². The van der Waals surface area contributed by atoms with E-state index in [1.54, 1.807) is 0 Å². The molecule has 11 atom stereocenters. The minimum absolute atomic E-state index is 0.0533. The molecule has 220 valence electrons. The normalized spacial score (nSPS) is 42.3. The van der Waals surface area contributed by atoms with Crippen LogP contribution in [0.1, 0.15) is 108 Å². The fraction of sp³-hybridized carbons (Fsp3) is 0.935. The summed E-state index contributed by atoms with van der Waals surface area (Å²) in [6, 6.07) is 0. The lowest BCUT2D eigenvalue weighted by Crippen LogP contribution is -2.60. The van der Waals surface area contributed by atoms with Crippen LogP contribution in [-0.4, -0.2) is 51.4 Å². The van der Waals surface area contributed by atoms with Crippen LogP contribution in [0.2, 0.25) is 0 Å². The predicted octanol–water partition coefficient (Wildman–Crippen LogP) is 5.07. The van der Waals surface area contributed by atoms with Crippen LogP contribution in [0.3, 0.4) is 0 Å². The summed E-state index contributed by atoms with van der Waals surface area (Å²) in [5.74, 6) is 0.990. The monoisotopic (exact) mass is 552 g/mol. The van der Waals surface area contributed by atoms with E-state index >= 15 is 0 Å². The number of ether oxygens (including phenoxy) is 2. The molecule has 1 heterocycles. The predicted molar refractivity (Wildman–Crippen MR) is 153 cm³/mol. The summed E-state index contributed by atoms with van der Waals surface area (Å²) >= 11 is 0. The first-order chi connectivity index (χ1) is 17.5. The zero-order chi connectivity index (χ0) is 28.8. The van der Waals surface area contributed by atoms with Crippen LogP contribution >= 0.6 is 0 Å². The van der Waals surface area contributed by atoms with Gasteiger partial charge < -0.3 is 19.0 Å². The van der Waals surface area contributed by atoms with Crippen LogP contribution in [0.4, 0.5) is 0 Å². The molecule has 0 aromatic carbocycles. The number of aliphatic hydroxyl groups excluding tert-OH is 1. The van der Waals surface area contributed by atoms with Crippen molar-refractivity contribution in [2.75, 3.05) is 0 Å². The maximum atomic E-state index is 13.3. The maximum absolute atomic E-state index is 13.3. The molecule has 38 heavy (non-hydrogen) atoms. The summed E-state index contributed by atoms with van der Waals surface area (Å²) in [5, 5.41) is 11.2. The zero-order valence-electron chi connectivity index (χ0n) is 26.0. The van der Waals surface area contributed by atoms with Crippen molar-refractivity contribution in [2.45, 2.75) is 132 Å². The third-order valence-corrected chi connectivity index (χ3v) is 11.8. The lowest BCUT2D eigenvalue weighted by atomic mass is 9.56. The van der Waals surface area contributed by atoms with Crippen molar-refractivity contribution in [3.8, 4) is 0 Å². The van der Waals surface area contributed by atoms with E-state index in [1.165, 1.54) is 0 Å². The minimum atomic E-state index is -0.904. The molecule has 0 bridgehead atoms. The summed E-state index contributed by atoms with van der Waals surface area (Å²) in [4.78, 5) is 26.4. The molecule has 2 saturated carbocycles. The van der Waals surface area contributed by atoms with E-state index in [-0.39, 0.29) is 65.3 Å². The zero-order valence-corrected chi connectivity index (χ0v) is 28.0. The molecule has 0 aromatic rings. The number of carbonyl (C=O) groups excluding carboxylic acids is 2. The third-order valence-electron chi connectivity index (χ3n) is 10.9. The van der Waals surface area contributed by atoms with Crippen molar-refractivity contribution < 1.29 is 28.6 Å². The van der Waals surface area contributed by atoms with E-state index in [1.807, 2.05) is 27.7 Å². The van der Waals surface area contributed by atoms with Gasteiger partial charge >= 0.3 is 11.9 Å². The molecule has 1 N–H and O–H groups in total. The average molecular weight is 553 g/mol. The van der Waals surface area contributed by atoms with E-state index in [9.17, 15) is 14.7 Å². The molecular formula is C31H56O6Si. The first kappa shape index (κ1) is 31.6. The van der Waals surface area contributed by atoms with Gasteiger partial charge in [0.2, 0.25) is 0 Å².